The van der Waals surface area contributed by atoms with Crippen molar-refractivity contribution in [3.8, 4) is 29.3 Å². The summed E-state index contributed by atoms with van der Waals surface area (Å²) in [7, 11) is 0. The van der Waals surface area contributed by atoms with Crippen LogP contribution in [0.5, 0.6) is 11.8 Å². The van der Waals surface area contributed by atoms with E-state index < -0.39 is 0 Å². The van der Waals surface area contributed by atoms with Gasteiger partial charge in [0.1, 0.15) is 25.1 Å². The molecule has 0 unspecified atom stereocenters. The summed E-state index contributed by atoms with van der Waals surface area (Å²) >= 11 is 0. The minimum Gasteiger partial charge on any atom is -0.486 e. The molecule has 3 aromatic rings. The van der Waals surface area contributed by atoms with Crippen molar-refractivity contribution in [2.24, 2.45) is 0 Å². The number of benzene rings is 1. The van der Waals surface area contributed by atoms with Gasteiger partial charge in [0.2, 0.25) is 0 Å². The number of aliphatic hydroxyl groups excluding tert-OH is 1. The van der Waals surface area contributed by atoms with E-state index >= 15 is 0 Å². The van der Waals surface area contributed by atoms with Gasteiger partial charge in [0.25, 0.3) is 0 Å². The number of aryl methyl sites for hydroxylation is 1. The van der Waals surface area contributed by atoms with Crippen LogP contribution >= 0.6 is 0 Å². The highest BCUT2D eigenvalue weighted by Crippen LogP contribution is 2.26. The Hall–Kier alpha value is -3.37. The molecule has 7 heteroatoms. The van der Waals surface area contributed by atoms with Gasteiger partial charge >= 0.3 is 6.01 Å². The van der Waals surface area contributed by atoms with Crippen LogP contribution in [0.25, 0.3) is 5.69 Å². The van der Waals surface area contributed by atoms with Gasteiger partial charge in [-0.25, -0.2) is 4.57 Å². The topological polar surface area (TPSA) is 82.3 Å². The molecule has 2 heterocycles. The number of hydrogen-bond donors (Lipinski definition) is 1. The average molecular weight is 404 g/mol. The first-order chi connectivity index (χ1) is 14.7. The highest BCUT2D eigenvalue weighted by atomic mass is 16.5. The van der Waals surface area contributed by atoms with Crippen LogP contribution in [0.2, 0.25) is 0 Å². The Kier molecular flexibility index (Phi) is 6.26. The van der Waals surface area contributed by atoms with E-state index in [0.29, 0.717) is 17.6 Å². The van der Waals surface area contributed by atoms with Gasteiger partial charge in [0.15, 0.2) is 5.82 Å². The van der Waals surface area contributed by atoms with E-state index in [0.717, 1.165) is 29.7 Å². The summed E-state index contributed by atoms with van der Waals surface area (Å²) in [6.07, 6.45) is 8.10. The monoisotopic (exact) mass is 404 g/mol. The molecule has 7 nitrogen and oxygen atoms in total. The molecule has 154 valence electrons. The Morgan fingerprint density at radius 2 is 2.07 bits per heavy atom. The van der Waals surface area contributed by atoms with Gasteiger partial charge in [-0.1, -0.05) is 16.9 Å². The largest absolute Gasteiger partial charge is 0.486 e. The molecular formula is C23H24N4O3. The van der Waals surface area contributed by atoms with Gasteiger partial charge in [-0.3, -0.25) is 4.98 Å². The quantitative estimate of drug-likeness (QED) is 0.636. The van der Waals surface area contributed by atoms with E-state index in [1.165, 1.54) is 12.8 Å². The molecule has 30 heavy (non-hydrogen) atoms. The average Bonchev–Trinajstić information content (AvgIpc) is 3.42. The van der Waals surface area contributed by atoms with Crippen molar-refractivity contribution in [2.75, 3.05) is 6.61 Å². The molecule has 1 saturated carbocycles. The van der Waals surface area contributed by atoms with Gasteiger partial charge in [0, 0.05) is 11.8 Å². The zero-order valence-electron chi connectivity index (χ0n) is 16.9. The molecule has 0 bridgehead atoms. The first kappa shape index (κ1) is 19.9. The highest BCUT2D eigenvalue weighted by molar-refractivity contribution is 5.44. The normalized spacial score (nSPS) is 13.7. The summed E-state index contributed by atoms with van der Waals surface area (Å²) in [5.41, 5.74) is 2.68. The van der Waals surface area contributed by atoms with Crippen LogP contribution in [0.4, 0.5) is 0 Å². The predicted molar refractivity (Wildman–Crippen MR) is 112 cm³/mol. The Balaban J connectivity index is 1.55. The Morgan fingerprint density at radius 3 is 2.80 bits per heavy atom. The predicted octanol–water partition coefficient (Wildman–Crippen LogP) is 3.21. The number of nitrogens with zero attached hydrogens (tertiary/aromatic N) is 4. The lowest BCUT2D eigenvalue weighted by molar-refractivity contribution is 0.187. The second-order valence-corrected chi connectivity index (χ2v) is 7.20. The summed E-state index contributed by atoms with van der Waals surface area (Å²) < 4.78 is 14.0. The number of aromatic nitrogens is 4. The SMILES string of the molecule is Cc1cc(OCc2nnc(OC3CCCC3)n2-c2cccnc2)ccc1C#CCO. The lowest BCUT2D eigenvalue weighted by atomic mass is 10.1. The minimum atomic E-state index is -0.160. The maximum atomic E-state index is 8.87. The van der Waals surface area contributed by atoms with Gasteiger partial charge in [-0.05, 0) is 68.5 Å². The first-order valence-electron chi connectivity index (χ1n) is 10.1. The van der Waals surface area contributed by atoms with Crippen LogP contribution in [0.1, 0.15) is 42.6 Å². The summed E-state index contributed by atoms with van der Waals surface area (Å²) in [5.74, 6) is 6.94. The molecule has 2 aromatic heterocycles. The van der Waals surface area contributed by atoms with E-state index in [1.807, 2.05) is 41.8 Å². The van der Waals surface area contributed by atoms with Crippen molar-refractivity contribution < 1.29 is 14.6 Å². The fourth-order valence-corrected chi connectivity index (χ4v) is 3.52. The van der Waals surface area contributed by atoms with Gasteiger partial charge in [-0.2, -0.15) is 0 Å². The van der Waals surface area contributed by atoms with Gasteiger partial charge in [0.05, 0.1) is 11.9 Å². The highest BCUT2D eigenvalue weighted by Gasteiger charge is 2.22. The van der Waals surface area contributed by atoms with Crippen molar-refractivity contribution in [3.05, 3.63) is 59.7 Å². The van der Waals surface area contributed by atoms with Crippen LogP contribution in [0, 0.1) is 18.8 Å². The molecule has 0 spiro atoms. The fourth-order valence-electron chi connectivity index (χ4n) is 3.52. The fraction of sp³-hybridized carbons (Fsp3) is 0.348. The first-order valence-corrected chi connectivity index (χ1v) is 10.1. The molecule has 0 atom stereocenters. The van der Waals surface area contributed by atoms with Crippen molar-refractivity contribution in [1.82, 2.24) is 19.7 Å². The Bertz CT molecular complexity index is 1050. The zero-order valence-corrected chi connectivity index (χ0v) is 16.9. The van der Waals surface area contributed by atoms with E-state index in [1.54, 1.807) is 12.4 Å². The van der Waals surface area contributed by atoms with Gasteiger partial charge in [-0.15, -0.1) is 5.10 Å². The van der Waals surface area contributed by atoms with Crippen LogP contribution in [-0.2, 0) is 6.61 Å². The van der Waals surface area contributed by atoms with Gasteiger partial charge < -0.3 is 14.6 Å². The number of ether oxygens (including phenoxy) is 2. The second kappa shape index (κ2) is 9.42. The minimum absolute atomic E-state index is 0.160. The lowest BCUT2D eigenvalue weighted by Gasteiger charge is -2.15. The van der Waals surface area contributed by atoms with Crippen LogP contribution in [0.3, 0.4) is 0 Å². The van der Waals surface area contributed by atoms with Crippen LogP contribution in [-0.4, -0.2) is 37.6 Å². The van der Waals surface area contributed by atoms with Crippen molar-refractivity contribution in [1.29, 1.82) is 0 Å². The Morgan fingerprint density at radius 1 is 1.20 bits per heavy atom. The van der Waals surface area contributed by atoms with E-state index in [2.05, 4.69) is 27.0 Å². The summed E-state index contributed by atoms with van der Waals surface area (Å²) in [6, 6.07) is 9.94. The van der Waals surface area contributed by atoms with Crippen molar-refractivity contribution in [3.63, 3.8) is 0 Å². The molecule has 0 amide bonds. The maximum absolute atomic E-state index is 8.87. The van der Waals surface area contributed by atoms with Crippen LogP contribution in [0.15, 0.2) is 42.7 Å². The molecule has 1 N–H and O–H groups in total. The zero-order chi connectivity index (χ0) is 20.8. The molecule has 0 saturated heterocycles. The third-order valence-electron chi connectivity index (χ3n) is 5.05. The standard InChI is InChI=1S/C23H24N4O3/c1-17-14-21(11-10-18(17)6-5-13-28)29-16-22-25-26-23(30-20-8-2-3-9-20)27(22)19-7-4-12-24-15-19/h4,7,10-12,14-15,20,28H,2-3,8-9,13,16H2,1H3. The Labute approximate surface area is 175 Å². The molecule has 1 fully saturated rings. The number of rotatable bonds is 6. The molecular weight excluding hydrogens is 380 g/mol. The number of hydrogen-bond acceptors (Lipinski definition) is 6. The van der Waals surface area contributed by atoms with Crippen LogP contribution < -0.4 is 9.47 Å². The number of pyridine rings is 1. The summed E-state index contributed by atoms with van der Waals surface area (Å²) in [4.78, 5) is 4.22. The molecule has 4 rings (SSSR count). The summed E-state index contributed by atoms with van der Waals surface area (Å²) in [6.45, 7) is 2.03. The molecule has 1 aromatic carbocycles. The van der Waals surface area contributed by atoms with E-state index in [9.17, 15) is 0 Å². The number of aliphatic hydroxyl groups is 1. The van der Waals surface area contributed by atoms with E-state index in [4.69, 9.17) is 14.6 Å². The van der Waals surface area contributed by atoms with Crippen molar-refractivity contribution >= 4 is 0 Å². The van der Waals surface area contributed by atoms with Crippen molar-refractivity contribution in [2.45, 2.75) is 45.3 Å². The van der Waals surface area contributed by atoms with E-state index in [-0.39, 0.29) is 19.3 Å². The third-order valence-corrected chi connectivity index (χ3v) is 5.05. The maximum Gasteiger partial charge on any atom is 0.322 e. The summed E-state index contributed by atoms with van der Waals surface area (Å²) in [5, 5.41) is 17.5. The smallest absolute Gasteiger partial charge is 0.322 e. The molecule has 1 aliphatic carbocycles. The molecule has 0 radical (unpaired) electrons. The second-order valence-electron chi connectivity index (χ2n) is 7.20. The molecule has 1 aliphatic rings. The molecule has 0 aliphatic heterocycles. The third kappa shape index (κ3) is 4.61. The lowest BCUT2D eigenvalue weighted by Crippen LogP contribution is -2.15.